The van der Waals surface area contributed by atoms with Crippen molar-refractivity contribution in [3.63, 3.8) is 0 Å². The third-order valence-corrected chi connectivity index (χ3v) is 3.61. The molecule has 0 amide bonds. The van der Waals surface area contributed by atoms with E-state index >= 15 is 0 Å². The first-order chi connectivity index (χ1) is 10.5. The number of halogens is 1. The minimum atomic E-state index is -0.546. The van der Waals surface area contributed by atoms with Gasteiger partial charge in [0.05, 0.1) is 16.2 Å². The van der Waals surface area contributed by atoms with E-state index in [0.29, 0.717) is 16.4 Å². The molecule has 0 fully saturated rings. The predicted octanol–water partition coefficient (Wildman–Crippen LogP) is 3.46. The van der Waals surface area contributed by atoms with Crippen LogP contribution in [0.3, 0.4) is 0 Å². The molecule has 2 heterocycles. The normalized spacial score (nSPS) is 10.9. The maximum atomic E-state index is 12.5. The van der Waals surface area contributed by atoms with Crippen LogP contribution in [0.1, 0.15) is 21.6 Å². The van der Waals surface area contributed by atoms with E-state index in [0.717, 1.165) is 16.6 Å². The average molecular weight is 316 g/mol. The first-order valence-electron chi connectivity index (χ1n) is 6.73. The number of ether oxygens (including phenoxy) is 1. The highest BCUT2D eigenvalue weighted by molar-refractivity contribution is 6.35. The van der Waals surface area contributed by atoms with Crippen LogP contribution in [0, 0.1) is 13.8 Å². The van der Waals surface area contributed by atoms with Gasteiger partial charge in [-0.25, -0.2) is 9.48 Å². The van der Waals surface area contributed by atoms with Crippen LogP contribution in [0.15, 0.2) is 30.5 Å². The number of esters is 1. The van der Waals surface area contributed by atoms with Gasteiger partial charge in [-0.3, -0.25) is 4.98 Å². The second-order valence-corrected chi connectivity index (χ2v) is 5.55. The number of benzene rings is 1. The van der Waals surface area contributed by atoms with E-state index in [2.05, 4.69) is 10.1 Å². The molecule has 6 heteroatoms. The number of fused-ring (bicyclic) bond motifs is 1. The van der Waals surface area contributed by atoms with Crippen molar-refractivity contribution in [1.29, 1.82) is 0 Å². The van der Waals surface area contributed by atoms with Crippen molar-refractivity contribution in [1.82, 2.24) is 14.8 Å². The van der Waals surface area contributed by atoms with Crippen LogP contribution in [0.25, 0.3) is 10.9 Å². The second-order valence-electron chi connectivity index (χ2n) is 5.14. The molecular formula is C16H14ClN3O2. The van der Waals surface area contributed by atoms with Crippen LogP contribution in [0.5, 0.6) is 5.88 Å². The third-order valence-electron chi connectivity index (χ3n) is 3.30. The van der Waals surface area contributed by atoms with Crippen LogP contribution in [-0.4, -0.2) is 20.7 Å². The van der Waals surface area contributed by atoms with Gasteiger partial charge in [0.2, 0.25) is 5.88 Å². The van der Waals surface area contributed by atoms with E-state index in [1.54, 1.807) is 25.4 Å². The number of hydrogen-bond donors (Lipinski definition) is 0. The van der Waals surface area contributed by atoms with Crippen LogP contribution >= 0.6 is 11.6 Å². The van der Waals surface area contributed by atoms with Gasteiger partial charge in [-0.1, -0.05) is 17.7 Å². The standard InChI is InChI=1S/C16H14ClN3O2/c1-9-6-11-4-5-12(17)14(15(11)18-8-9)16(21)22-13-7-10(2)19-20(13)3/h4-8H,1-3H3. The molecule has 5 nitrogen and oxygen atoms in total. The van der Waals surface area contributed by atoms with Gasteiger partial charge >= 0.3 is 5.97 Å². The summed E-state index contributed by atoms with van der Waals surface area (Å²) < 4.78 is 6.91. The molecular weight excluding hydrogens is 302 g/mol. The number of aromatic nitrogens is 3. The van der Waals surface area contributed by atoms with Crippen molar-refractivity contribution >= 4 is 28.5 Å². The lowest BCUT2D eigenvalue weighted by Crippen LogP contribution is -2.12. The Balaban J connectivity index is 2.07. The van der Waals surface area contributed by atoms with Crippen molar-refractivity contribution < 1.29 is 9.53 Å². The molecule has 0 radical (unpaired) electrons. The molecule has 0 aliphatic carbocycles. The van der Waals surface area contributed by atoms with Gasteiger partial charge in [0.1, 0.15) is 5.56 Å². The zero-order chi connectivity index (χ0) is 15.9. The van der Waals surface area contributed by atoms with Crippen LogP contribution in [-0.2, 0) is 7.05 Å². The fraction of sp³-hybridized carbons (Fsp3) is 0.188. The second kappa shape index (κ2) is 5.42. The van der Waals surface area contributed by atoms with Crippen LogP contribution < -0.4 is 4.74 Å². The summed E-state index contributed by atoms with van der Waals surface area (Å²) in [6.45, 7) is 3.77. The molecule has 0 aliphatic rings. The molecule has 0 saturated heterocycles. The summed E-state index contributed by atoms with van der Waals surface area (Å²) in [6.07, 6.45) is 1.70. The topological polar surface area (TPSA) is 57.0 Å². The Morgan fingerprint density at radius 1 is 1.27 bits per heavy atom. The third kappa shape index (κ3) is 2.55. The number of rotatable bonds is 2. The van der Waals surface area contributed by atoms with E-state index in [1.807, 2.05) is 26.0 Å². The summed E-state index contributed by atoms with van der Waals surface area (Å²) in [5.74, 6) is -0.183. The summed E-state index contributed by atoms with van der Waals surface area (Å²) in [5.41, 5.74) is 2.57. The fourth-order valence-electron chi connectivity index (χ4n) is 2.31. The maximum Gasteiger partial charge on any atom is 0.348 e. The number of pyridine rings is 1. The van der Waals surface area contributed by atoms with Gasteiger partial charge in [-0.15, -0.1) is 0 Å². The van der Waals surface area contributed by atoms with Crippen LogP contribution in [0.4, 0.5) is 0 Å². The quantitative estimate of drug-likeness (QED) is 0.680. The molecule has 3 aromatic rings. The summed E-state index contributed by atoms with van der Waals surface area (Å²) >= 11 is 6.19. The monoisotopic (exact) mass is 315 g/mol. The Morgan fingerprint density at radius 2 is 2.05 bits per heavy atom. The highest BCUT2D eigenvalue weighted by Gasteiger charge is 2.19. The number of carbonyl (C=O) groups is 1. The van der Waals surface area contributed by atoms with Crippen molar-refractivity contribution in [3.05, 3.63) is 52.3 Å². The Kier molecular flexibility index (Phi) is 3.58. The Labute approximate surface area is 132 Å². The van der Waals surface area contributed by atoms with E-state index in [1.165, 1.54) is 4.68 Å². The van der Waals surface area contributed by atoms with Crippen molar-refractivity contribution in [3.8, 4) is 5.88 Å². The van der Waals surface area contributed by atoms with Gasteiger partial charge < -0.3 is 4.74 Å². The lowest BCUT2D eigenvalue weighted by Gasteiger charge is -2.09. The van der Waals surface area contributed by atoms with Gasteiger partial charge in [-0.2, -0.15) is 5.10 Å². The minimum absolute atomic E-state index is 0.262. The van der Waals surface area contributed by atoms with Gasteiger partial charge in [0.15, 0.2) is 0 Å². The lowest BCUT2D eigenvalue weighted by molar-refractivity contribution is 0.0722. The Hall–Kier alpha value is -2.40. The predicted molar refractivity (Wildman–Crippen MR) is 84.4 cm³/mol. The lowest BCUT2D eigenvalue weighted by atomic mass is 10.1. The van der Waals surface area contributed by atoms with Crippen molar-refractivity contribution in [2.45, 2.75) is 13.8 Å². The highest BCUT2D eigenvalue weighted by atomic mass is 35.5. The molecule has 0 atom stereocenters. The fourth-order valence-corrected chi connectivity index (χ4v) is 2.54. The van der Waals surface area contributed by atoms with E-state index in [4.69, 9.17) is 16.3 Å². The van der Waals surface area contributed by atoms with Crippen LogP contribution in [0.2, 0.25) is 5.02 Å². The maximum absolute atomic E-state index is 12.5. The van der Waals surface area contributed by atoms with Gasteiger partial charge in [-0.05, 0) is 31.5 Å². The molecule has 3 rings (SSSR count). The zero-order valence-corrected chi connectivity index (χ0v) is 13.2. The van der Waals surface area contributed by atoms with Crippen molar-refractivity contribution in [2.75, 3.05) is 0 Å². The summed E-state index contributed by atoms with van der Waals surface area (Å²) in [5, 5.41) is 5.30. The molecule has 2 aromatic heterocycles. The highest BCUT2D eigenvalue weighted by Crippen LogP contribution is 2.26. The number of nitrogens with zero attached hydrogens (tertiary/aromatic N) is 3. The minimum Gasteiger partial charge on any atom is -0.404 e. The van der Waals surface area contributed by atoms with E-state index in [9.17, 15) is 4.79 Å². The largest absolute Gasteiger partial charge is 0.404 e. The smallest absolute Gasteiger partial charge is 0.348 e. The first kappa shape index (κ1) is 14.5. The molecule has 0 saturated carbocycles. The molecule has 0 spiro atoms. The van der Waals surface area contributed by atoms with Crippen molar-refractivity contribution in [2.24, 2.45) is 7.05 Å². The first-order valence-corrected chi connectivity index (χ1v) is 7.11. The molecule has 0 N–H and O–H groups in total. The molecule has 0 unspecified atom stereocenters. The summed E-state index contributed by atoms with van der Waals surface area (Å²) in [4.78, 5) is 16.8. The van der Waals surface area contributed by atoms with E-state index < -0.39 is 5.97 Å². The zero-order valence-electron chi connectivity index (χ0n) is 12.4. The van der Waals surface area contributed by atoms with Gasteiger partial charge in [0, 0.05) is 24.7 Å². The summed E-state index contributed by atoms with van der Waals surface area (Å²) in [6, 6.07) is 7.15. The SMILES string of the molecule is Cc1cnc2c(C(=O)Oc3cc(C)nn3C)c(Cl)ccc2c1. The van der Waals surface area contributed by atoms with E-state index in [-0.39, 0.29) is 5.56 Å². The number of hydrogen-bond acceptors (Lipinski definition) is 4. The Morgan fingerprint density at radius 3 is 2.73 bits per heavy atom. The number of aryl methyl sites for hydroxylation is 3. The molecule has 22 heavy (non-hydrogen) atoms. The molecule has 1 aromatic carbocycles. The summed E-state index contributed by atoms with van der Waals surface area (Å²) in [7, 11) is 1.71. The van der Waals surface area contributed by atoms with Gasteiger partial charge in [0.25, 0.3) is 0 Å². The number of carbonyl (C=O) groups excluding carboxylic acids is 1. The molecule has 0 aliphatic heterocycles. The molecule has 112 valence electrons. The Bertz CT molecular complexity index is 886. The average Bonchev–Trinajstić information content (AvgIpc) is 2.76. The molecule has 0 bridgehead atoms.